The molecule has 0 bridgehead atoms. The summed E-state index contributed by atoms with van der Waals surface area (Å²) in [7, 11) is 2.31. The summed E-state index contributed by atoms with van der Waals surface area (Å²) in [6, 6.07) is 9.07. The van der Waals surface area contributed by atoms with Crippen LogP contribution < -0.4 is 4.74 Å². The Balaban J connectivity index is 2.62. The number of aromatic hydroxyl groups is 1. The average molecular weight is 344 g/mol. The van der Waals surface area contributed by atoms with Gasteiger partial charge >= 0.3 is 17.9 Å². The summed E-state index contributed by atoms with van der Waals surface area (Å²) in [5.74, 6) is -2.18. The Morgan fingerprint density at radius 2 is 1.40 bits per heavy atom. The van der Waals surface area contributed by atoms with Crippen molar-refractivity contribution in [2.75, 3.05) is 14.2 Å². The molecule has 0 radical (unpaired) electrons. The lowest BCUT2D eigenvalue weighted by molar-refractivity contribution is -0.131. The van der Waals surface area contributed by atoms with Gasteiger partial charge in [-0.3, -0.25) is 4.79 Å². The predicted molar refractivity (Wildman–Crippen MR) is 87.5 cm³/mol. The minimum atomic E-state index is -0.865. The van der Waals surface area contributed by atoms with Gasteiger partial charge in [0.05, 0.1) is 19.8 Å². The molecule has 130 valence electrons. The first kappa shape index (κ1) is 18.0. The van der Waals surface area contributed by atoms with E-state index in [1.54, 1.807) is 24.3 Å². The summed E-state index contributed by atoms with van der Waals surface area (Å²) in [4.78, 5) is 35.2. The molecule has 0 spiro atoms. The maximum absolute atomic E-state index is 12.2. The summed E-state index contributed by atoms with van der Waals surface area (Å²) in [6.45, 7) is 1.28. The number of phenolic OH excluding ortho intramolecular Hbond substituents is 1. The summed E-state index contributed by atoms with van der Waals surface area (Å²) in [6.07, 6.45) is 0. The molecule has 1 N–H and O–H groups in total. The molecular formula is C18H16O7. The Bertz CT molecular complexity index is 822. The fourth-order valence-electron chi connectivity index (χ4n) is 2.32. The zero-order valence-electron chi connectivity index (χ0n) is 13.9. The lowest BCUT2D eigenvalue weighted by Crippen LogP contribution is -2.13. The molecular weight excluding hydrogens is 328 g/mol. The van der Waals surface area contributed by atoms with Crippen LogP contribution in [0.1, 0.15) is 27.6 Å². The number of phenols is 1. The Morgan fingerprint density at radius 1 is 0.840 bits per heavy atom. The molecule has 0 aliphatic rings. The monoisotopic (exact) mass is 344 g/mol. The van der Waals surface area contributed by atoms with E-state index in [4.69, 9.17) is 9.47 Å². The van der Waals surface area contributed by atoms with Gasteiger partial charge in [-0.2, -0.15) is 0 Å². The Labute approximate surface area is 143 Å². The summed E-state index contributed by atoms with van der Waals surface area (Å²) in [5.41, 5.74) is 0.520. The zero-order valence-corrected chi connectivity index (χ0v) is 13.9. The van der Waals surface area contributed by atoms with Crippen LogP contribution in [0.2, 0.25) is 0 Å². The van der Waals surface area contributed by atoms with Crippen LogP contribution in [0.25, 0.3) is 11.1 Å². The molecule has 0 fully saturated rings. The lowest BCUT2D eigenvalue weighted by atomic mass is 9.94. The van der Waals surface area contributed by atoms with Gasteiger partial charge in [0.1, 0.15) is 17.1 Å². The van der Waals surface area contributed by atoms with Gasteiger partial charge in [-0.1, -0.05) is 12.1 Å². The molecule has 0 aliphatic heterocycles. The normalized spacial score (nSPS) is 10.0. The third-order valence-corrected chi connectivity index (χ3v) is 3.39. The third-order valence-electron chi connectivity index (χ3n) is 3.39. The van der Waals surface area contributed by atoms with Crippen LogP contribution in [0.5, 0.6) is 11.5 Å². The van der Waals surface area contributed by atoms with Gasteiger partial charge in [-0.15, -0.1) is 0 Å². The second-order valence-electron chi connectivity index (χ2n) is 4.98. The predicted octanol–water partition coefficient (Wildman–Crippen LogP) is 2.56. The fourth-order valence-corrected chi connectivity index (χ4v) is 2.32. The van der Waals surface area contributed by atoms with E-state index in [2.05, 4.69) is 4.74 Å². The highest BCUT2D eigenvalue weighted by Gasteiger charge is 2.26. The highest BCUT2D eigenvalue weighted by Crippen LogP contribution is 2.33. The van der Waals surface area contributed by atoms with E-state index in [1.165, 1.54) is 26.2 Å². The maximum Gasteiger partial charge on any atom is 0.342 e. The van der Waals surface area contributed by atoms with E-state index < -0.39 is 23.7 Å². The number of hydrogen-bond donors (Lipinski definition) is 1. The molecule has 0 heterocycles. The van der Waals surface area contributed by atoms with Crippen LogP contribution in [0.15, 0.2) is 36.4 Å². The number of methoxy groups -OCH3 is 2. The number of carbonyl (C=O) groups is 3. The molecule has 0 aromatic heterocycles. The van der Waals surface area contributed by atoms with Crippen LogP contribution in [0.3, 0.4) is 0 Å². The molecule has 0 amide bonds. The van der Waals surface area contributed by atoms with E-state index >= 15 is 0 Å². The molecule has 2 aromatic carbocycles. The molecule has 7 nitrogen and oxygen atoms in total. The van der Waals surface area contributed by atoms with E-state index in [-0.39, 0.29) is 11.1 Å². The largest absolute Gasteiger partial charge is 0.507 e. The molecule has 25 heavy (non-hydrogen) atoms. The van der Waals surface area contributed by atoms with Crippen LogP contribution in [0.4, 0.5) is 0 Å². The second kappa shape index (κ2) is 7.48. The molecule has 2 aromatic rings. The van der Waals surface area contributed by atoms with Gasteiger partial charge < -0.3 is 19.3 Å². The van der Waals surface area contributed by atoms with Crippen molar-refractivity contribution in [3.8, 4) is 22.6 Å². The van der Waals surface area contributed by atoms with Crippen LogP contribution in [-0.4, -0.2) is 37.2 Å². The van der Waals surface area contributed by atoms with Gasteiger partial charge in [0.15, 0.2) is 0 Å². The SMILES string of the molecule is COC(=O)c1c(O)ccc(-c2ccc(OC(C)=O)cc2)c1C(=O)OC. The highest BCUT2D eigenvalue weighted by molar-refractivity contribution is 6.09. The number of ether oxygens (including phenoxy) is 3. The average Bonchev–Trinajstić information content (AvgIpc) is 2.60. The van der Waals surface area contributed by atoms with Gasteiger partial charge in [-0.05, 0) is 35.4 Å². The Hall–Kier alpha value is -3.35. The maximum atomic E-state index is 12.2. The number of esters is 3. The highest BCUT2D eigenvalue weighted by atomic mass is 16.5. The zero-order chi connectivity index (χ0) is 18.6. The van der Waals surface area contributed by atoms with Crippen molar-refractivity contribution < 1.29 is 33.7 Å². The number of rotatable bonds is 4. The molecule has 0 unspecified atom stereocenters. The smallest absolute Gasteiger partial charge is 0.342 e. The first-order valence-corrected chi connectivity index (χ1v) is 7.20. The summed E-state index contributed by atoms with van der Waals surface area (Å²) < 4.78 is 14.3. The van der Waals surface area contributed by atoms with Crippen molar-refractivity contribution >= 4 is 17.9 Å². The third kappa shape index (κ3) is 3.77. The van der Waals surface area contributed by atoms with E-state index in [1.807, 2.05) is 0 Å². The van der Waals surface area contributed by atoms with E-state index in [9.17, 15) is 19.5 Å². The van der Waals surface area contributed by atoms with Crippen molar-refractivity contribution in [2.24, 2.45) is 0 Å². The van der Waals surface area contributed by atoms with Crippen LogP contribution in [0, 0.1) is 0 Å². The summed E-state index contributed by atoms with van der Waals surface area (Å²) >= 11 is 0. The van der Waals surface area contributed by atoms with Gasteiger partial charge in [-0.25, -0.2) is 9.59 Å². The minimum Gasteiger partial charge on any atom is -0.507 e. The lowest BCUT2D eigenvalue weighted by Gasteiger charge is -2.14. The topological polar surface area (TPSA) is 99.1 Å². The quantitative estimate of drug-likeness (QED) is 0.672. The Morgan fingerprint density at radius 3 is 1.92 bits per heavy atom. The molecule has 0 atom stereocenters. The van der Waals surface area contributed by atoms with Crippen LogP contribution >= 0.6 is 0 Å². The molecule has 0 aliphatic carbocycles. The number of carbonyl (C=O) groups excluding carboxylic acids is 3. The van der Waals surface area contributed by atoms with Crippen LogP contribution in [-0.2, 0) is 14.3 Å². The van der Waals surface area contributed by atoms with Gasteiger partial charge in [0, 0.05) is 6.92 Å². The first-order valence-electron chi connectivity index (χ1n) is 7.20. The summed E-state index contributed by atoms with van der Waals surface area (Å²) in [5, 5.41) is 9.99. The van der Waals surface area contributed by atoms with Crippen molar-refractivity contribution in [2.45, 2.75) is 6.92 Å². The molecule has 2 rings (SSSR count). The fraction of sp³-hybridized carbons (Fsp3) is 0.167. The standard InChI is InChI=1S/C18H16O7/c1-10(19)25-12-6-4-11(5-7-12)13-8-9-14(20)16(18(22)24-3)15(13)17(21)23-2/h4-9,20H,1-3H3. The van der Waals surface area contributed by atoms with E-state index in [0.29, 0.717) is 16.9 Å². The molecule has 0 saturated heterocycles. The minimum absolute atomic E-state index is 0.116. The van der Waals surface area contributed by atoms with Crippen molar-refractivity contribution in [1.82, 2.24) is 0 Å². The van der Waals surface area contributed by atoms with Crippen molar-refractivity contribution in [1.29, 1.82) is 0 Å². The first-order chi connectivity index (χ1) is 11.9. The van der Waals surface area contributed by atoms with Crippen molar-refractivity contribution in [3.05, 3.63) is 47.5 Å². The molecule has 7 heteroatoms. The second-order valence-corrected chi connectivity index (χ2v) is 4.98. The van der Waals surface area contributed by atoms with E-state index in [0.717, 1.165) is 7.11 Å². The number of hydrogen-bond acceptors (Lipinski definition) is 7. The Kier molecular flexibility index (Phi) is 5.38. The number of benzene rings is 2. The van der Waals surface area contributed by atoms with Crippen molar-refractivity contribution in [3.63, 3.8) is 0 Å². The molecule has 0 saturated carbocycles. The van der Waals surface area contributed by atoms with Gasteiger partial charge in [0.25, 0.3) is 0 Å². The van der Waals surface area contributed by atoms with Gasteiger partial charge in [0.2, 0.25) is 0 Å².